The molecule has 1 saturated heterocycles. The number of ether oxygens (including phenoxy) is 2. The molecule has 1 aliphatic rings. The minimum atomic E-state index is -0.635. The highest BCUT2D eigenvalue weighted by Gasteiger charge is 2.22. The van der Waals surface area contributed by atoms with E-state index in [9.17, 15) is 5.11 Å². The van der Waals surface area contributed by atoms with E-state index < -0.39 is 11.7 Å². The SMILES string of the molecule is C#CC(C)(C)OCC(O)CN1CCN(c2ccccc2OC)CC1. The van der Waals surface area contributed by atoms with Crippen molar-refractivity contribution in [3.8, 4) is 18.1 Å². The Morgan fingerprint density at radius 2 is 1.92 bits per heavy atom. The van der Waals surface area contributed by atoms with Gasteiger partial charge in [-0.1, -0.05) is 18.1 Å². The Kier molecular flexibility index (Phi) is 6.50. The van der Waals surface area contributed by atoms with E-state index in [1.807, 2.05) is 32.0 Å². The number of aliphatic hydroxyl groups excluding tert-OH is 1. The zero-order valence-electron chi connectivity index (χ0n) is 14.9. The summed E-state index contributed by atoms with van der Waals surface area (Å²) in [5, 5.41) is 10.2. The number of anilines is 1. The van der Waals surface area contributed by atoms with Crippen LogP contribution in [0.1, 0.15) is 13.8 Å². The number of methoxy groups -OCH3 is 1. The molecule has 1 aromatic rings. The lowest BCUT2D eigenvalue weighted by Crippen LogP contribution is -2.49. The van der Waals surface area contributed by atoms with Crippen molar-refractivity contribution < 1.29 is 14.6 Å². The second kappa shape index (κ2) is 8.39. The number of rotatable bonds is 7. The fourth-order valence-electron chi connectivity index (χ4n) is 2.76. The Morgan fingerprint density at radius 3 is 2.54 bits per heavy atom. The number of β-amino-alcohol motifs (C(OH)–C–C–N with tert-alkyl or cyclic N) is 1. The lowest BCUT2D eigenvalue weighted by atomic mass is 10.1. The number of hydrogen-bond donors (Lipinski definition) is 1. The van der Waals surface area contributed by atoms with E-state index in [1.165, 1.54) is 0 Å². The van der Waals surface area contributed by atoms with Crippen molar-refractivity contribution in [2.75, 3.05) is 51.3 Å². The third-order valence-electron chi connectivity index (χ3n) is 4.25. The zero-order chi connectivity index (χ0) is 17.6. The number of para-hydroxylation sites is 2. The first-order valence-electron chi connectivity index (χ1n) is 8.35. The van der Waals surface area contributed by atoms with Crippen molar-refractivity contribution in [3.05, 3.63) is 24.3 Å². The zero-order valence-corrected chi connectivity index (χ0v) is 14.9. The predicted octanol–water partition coefficient (Wildman–Crippen LogP) is 1.61. The molecule has 0 aromatic heterocycles. The molecule has 0 bridgehead atoms. The highest BCUT2D eigenvalue weighted by atomic mass is 16.5. The molecule has 1 unspecified atom stereocenters. The first-order chi connectivity index (χ1) is 11.4. The van der Waals surface area contributed by atoms with Gasteiger partial charge in [0.05, 0.1) is 25.5 Å². The maximum atomic E-state index is 10.2. The van der Waals surface area contributed by atoms with Crippen molar-refractivity contribution in [1.82, 2.24) is 4.90 Å². The molecule has 1 aliphatic heterocycles. The Hall–Kier alpha value is -1.74. The molecule has 24 heavy (non-hydrogen) atoms. The van der Waals surface area contributed by atoms with Gasteiger partial charge in [0.25, 0.3) is 0 Å². The van der Waals surface area contributed by atoms with Crippen LogP contribution in [0, 0.1) is 12.3 Å². The molecule has 1 aromatic carbocycles. The lowest BCUT2D eigenvalue weighted by Gasteiger charge is -2.37. The summed E-state index contributed by atoms with van der Waals surface area (Å²) in [7, 11) is 1.70. The largest absolute Gasteiger partial charge is 0.495 e. The first-order valence-corrected chi connectivity index (χ1v) is 8.35. The molecule has 0 aliphatic carbocycles. The quantitative estimate of drug-likeness (QED) is 0.769. The Balaban J connectivity index is 1.80. The number of nitrogens with zero attached hydrogens (tertiary/aromatic N) is 2. The summed E-state index contributed by atoms with van der Waals surface area (Å²) in [6.45, 7) is 8.11. The monoisotopic (exact) mass is 332 g/mol. The summed E-state index contributed by atoms with van der Waals surface area (Å²) in [5.74, 6) is 3.47. The van der Waals surface area contributed by atoms with Crippen LogP contribution in [-0.4, -0.2) is 68.2 Å². The Bertz CT molecular complexity index is 560. The number of hydrogen-bond acceptors (Lipinski definition) is 5. The van der Waals surface area contributed by atoms with Crippen LogP contribution in [0.15, 0.2) is 24.3 Å². The third kappa shape index (κ3) is 5.13. The molecule has 132 valence electrons. The van der Waals surface area contributed by atoms with Crippen molar-refractivity contribution in [2.24, 2.45) is 0 Å². The van der Waals surface area contributed by atoms with Gasteiger partial charge >= 0.3 is 0 Å². The second-order valence-corrected chi connectivity index (χ2v) is 6.58. The summed E-state index contributed by atoms with van der Waals surface area (Å²) < 4.78 is 11.0. The molecule has 0 amide bonds. The van der Waals surface area contributed by atoms with Gasteiger partial charge in [0.15, 0.2) is 0 Å². The van der Waals surface area contributed by atoms with E-state index in [1.54, 1.807) is 7.11 Å². The van der Waals surface area contributed by atoms with Gasteiger partial charge in [-0.05, 0) is 26.0 Å². The van der Waals surface area contributed by atoms with Gasteiger partial charge < -0.3 is 19.5 Å². The number of benzene rings is 1. The van der Waals surface area contributed by atoms with Crippen molar-refractivity contribution in [2.45, 2.75) is 25.6 Å². The maximum absolute atomic E-state index is 10.2. The summed E-state index contributed by atoms with van der Waals surface area (Å²) in [5.41, 5.74) is 0.489. The summed E-state index contributed by atoms with van der Waals surface area (Å²) in [4.78, 5) is 4.57. The van der Waals surface area contributed by atoms with Crippen molar-refractivity contribution >= 4 is 5.69 Å². The van der Waals surface area contributed by atoms with Gasteiger partial charge in [-0.2, -0.15) is 0 Å². The van der Waals surface area contributed by atoms with Crippen LogP contribution in [0.25, 0.3) is 0 Å². The molecule has 5 nitrogen and oxygen atoms in total. The van der Waals surface area contributed by atoms with Crippen LogP contribution in [0.5, 0.6) is 5.75 Å². The summed E-state index contributed by atoms with van der Waals surface area (Å²) in [6, 6.07) is 8.07. The highest BCUT2D eigenvalue weighted by Crippen LogP contribution is 2.28. The molecule has 1 heterocycles. The topological polar surface area (TPSA) is 45.2 Å². The van der Waals surface area contributed by atoms with Crippen LogP contribution in [-0.2, 0) is 4.74 Å². The van der Waals surface area contributed by atoms with E-state index in [0.29, 0.717) is 6.54 Å². The molecule has 0 saturated carbocycles. The predicted molar refractivity (Wildman–Crippen MR) is 96.5 cm³/mol. The van der Waals surface area contributed by atoms with Gasteiger partial charge in [-0.15, -0.1) is 6.42 Å². The van der Waals surface area contributed by atoms with Gasteiger partial charge in [-0.3, -0.25) is 4.90 Å². The molecule has 5 heteroatoms. The highest BCUT2D eigenvalue weighted by molar-refractivity contribution is 5.58. The Labute approximate surface area is 145 Å². The van der Waals surface area contributed by atoms with Gasteiger partial charge in [0.1, 0.15) is 11.4 Å². The first kappa shape index (κ1) is 18.6. The van der Waals surface area contributed by atoms with Crippen molar-refractivity contribution in [3.63, 3.8) is 0 Å². The minimum Gasteiger partial charge on any atom is -0.495 e. The fourth-order valence-corrected chi connectivity index (χ4v) is 2.76. The third-order valence-corrected chi connectivity index (χ3v) is 4.25. The molecular weight excluding hydrogens is 304 g/mol. The normalized spacial score (nSPS) is 17.4. The number of terminal acetylenes is 1. The number of piperazine rings is 1. The lowest BCUT2D eigenvalue weighted by molar-refractivity contribution is -0.0376. The van der Waals surface area contributed by atoms with Gasteiger partial charge in [0, 0.05) is 32.7 Å². The maximum Gasteiger partial charge on any atom is 0.142 e. The smallest absolute Gasteiger partial charge is 0.142 e. The van der Waals surface area contributed by atoms with Crippen LogP contribution in [0.2, 0.25) is 0 Å². The average Bonchev–Trinajstić information content (AvgIpc) is 2.61. The van der Waals surface area contributed by atoms with Gasteiger partial charge in [-0.25, -0.2) is 0 Å². The molecule has 1 fully saturated rings. The van der Waals surface area contributed by atoms with E-state index >= 15 is 0 Å². The molecule has 1 atom stereocenters. The summed E-state index contributed by atoms with van der Waals surface area (Å²) >= 11 is 0. The van der Waals surface area contributed by atoms with E-state index in [0.717, 1.165) is 37.6 Å². The van der Waals surface area contributed by atoms with Crippen LogP contribution in [0.4, 0.5) is 5.69 Å². The van der Waals surface area contributed by atoms with Crippen molar-refractivity contribution in [1.29, 1.82) is 0 Å². The molecule has 0 radical (unpaired) electrons. The minimum absolute atomic E-state index is 0.254. The number of aliphatic hydroxyl groups is 1. The van der Waals surface area contributed by atoms with E-state index in [-0.39, 0.29) is 6.61 Å². The molecule has 1 N–H and O–H groups in total. The second-order valence-electron chi connectivity index (χ2n) is 6.58. The van der Waals surface area contributed by atoms with E-state index in [2.05, 4.69) is 21.8 Å². The van der Waals surface area contributed by atoms with Gasteiger partial charge in [0.2, 0.25) is 0 Å². The molecule has 0 spiro atoms. The van der Waals surface area contributed by atoms with Crippen LogP contribution >= 0.6 is 0 Å². The summed E-state index contributed by atoms with van der Waals surface area (Å²) in [6.07, 6.45) is 4.86. The Morgan fingerprint density at radius 1 is 1.25 bits per heavy atom. The van der Waals surface area contributed by atoms with Crippen LogP contribution in [0.3, 0.4) is 0 Å². The fraction of sp³-hybridized carbons (Fsp3) is 0.579. The molecular formula is C19H28N2O3. The van der Waals surface area contributed by atoms with Crippen LogP contribution < -0.4 is 9.64 Å². The van der Waals surface area contributed by atoms with E-state index in [4.69, 9.17) is 15.9 Å². The average molecular weight is 332 g/mol. The molecule has 2 rings (SSSR count). The standard InChI is InChI=1S/C19H28N2O3/c1-5-19(2,3)24-15-16(22)14-20-10-12-21(13-11-20)17-8-6-7-9-18(17)23-4/h1,6-9,16,22H,10-15H2,2-4H3.